The van der Waals surface area contributed by atoms with Gasteiger partial charge in [0.25, 0.3) is 0 Å². The molecule has 3 fully saturated rings. The third-order valence-electron chi connectivity index (χ3n) is 5.85. The van der Waals surface area contributed by atoms with Crippen LogP contribution in [0.4, 0.5) is 14.6 Å². The summed E-state index contributed by atoms with van der Waals surface area (Å²) in [7, 11) is 0. The van der Waals surface area contributed by atoms with Crippen LogP contribution in [0.25, 0.3) is 11.3 Å². The van der Waals surface area contributed by atoms with E-state index >= 15 is 0 Å². The summed E-state index contributed by atoms with van der Waals surface area (Å²) >= 11 is 0. The molecule has 0 amide bonds. The minimum Gasteiger partial charge on any atom is -0.395 e. The van der Waals surface area contributed by atoms with E-state index in [1.807, 2.05) is 12.1 Å². The van der Waals surface area contributed by atoms with Crippen LogP contribution in [0, 0.1) is 5.92 Å². The number of alkyl halides is 2. The molecule has 2 atom stereocenters. The molecule has 1 aromatic heterocycles. The molecule has 27 heavy (non-hydrogen) atoms. The van der Waals surface area contributed by atoms with E-state index in [0.29, 0.717) is 29.3 Å². The van der Waals surface area contributed by atoms with Gasteiger partial charge in [-0.05, 0) is 69.1 Å². The molecule has 3 saturated heterocycles. The second-order valence-corrected chi connectivity index (χ2v) is 7.42. The smallest absolute Gasteiger partial charge is 0.395 e. The summed E-state index contributed by atoms with van der Waals surface area (Å²) in [5.41, 5.74) is 1.23. The number of hydrogen-bond acceptors (Lipinski definition) is 6. The van der Waals surface area contributed by atoms with Crippen LogP contribution in [0.1, 0.15) is 19.8 Å². The third kappa shape index (κ3) is 2.97. The summed E-state index contributed by atoms with van der Waals surface area (Å²) in [5, 5.41) is 12.1. The van der Waals surface area contributed by atoms with E-state index in [9.17, 15) is 8.78 Å². The van der Waals surface area contributed by atoms with Crippen molar-refractivity contribution in [1.29, 1.82) is 0 Å². The predicted molar refractivity (Wildman–Crippen MR) is 94.8 cm³/mol. The molecule has 4 aliphatic rings. The molecule has 6 nitrogen and oxygen atoms in total. The molecule has 0 spiro atoms. The minimum absolute atomic E-state index is 0.00241. The quantitative estimate of drug-likeness (QED) is 0.889. The Bertz CT molecular complexity index is 851. The predicted octanol–water partition coefficient (Wildman–Crippen LogP) is 3.36. The van der Waals surface area contributed by atoms with Gasteiger partial charge < -0.3 is 14.8 Å². The van der Waals surface area contributed by atoms with Crippen LogP contribution >= 0.6 is 0 Å². The lowest BCUT2D eigenvalue weighted by atomic mass is 9.79. The number of ether oxygens (including phenoxy) is 2. The summed E-state index contributed by atoms with van der Waals surface area (Å²) < 4.78 is 35.2. The number of anilines is 1. The molecule has 5 heterocycles. The molecular formula is C19H20F2N4O2. The zero-order valence-electron chi connectivity index (χ0n) is 14.9. The zero-order chi connectivity index (χ0) is 18.6. The van der Waals surface area contributed by atoms with Gasteiger partial charge in [-0.2, -0.15) is 0 Å². The van der Waals surface area contributed by atoms with Gasteiger partial charge in [-0.15, -0.1) is 19.0 Å². The Morgan fingerprint density at radius 1 is 1.07 bits per heavy atom. The van der Waals surface area contributed by atoms with Gasteiger partial charge in [0.15, 0.2) is 11.5 Å². The highest BCUT2D eigenvalue weighted by molar-refractivity contribution is 5.64. The maximum atomic E-state index is 13.2. The molecule has 2 aromatic rings. The van der Waals surface area contributed by atoms with Crippen LogP contribution in [0.2, 0.25) is 0 Å². The van der Waals surface area contributed by atoms with Gasteiger partial charge in [0, 0.05) is 17.6 Å². The number of halogens is 2. The second kappa shape index (κ2) is 6.02. The van der Waals surface area contributed by atoms with Gasteiger partial charge in [0.05, 0.1) is 5.69 Å². The van der Waals surface area contributed by atoms with Crippen molar-refractivity contribution < 1.29 is 18.3 Å². The Kier molecular flexibility index (Phi) is 3.72. The Morgan fingerprint density at radius 3 is 2.56 bits per heavy atom. The van der Waals surface area contributed by atoms with Gasteiger partial charge in [0.1, 0.15) is 5.82 Å². The van der Waals surface area contributed by atoms with E-state index in [0.717, 1.165) is 5.82 Å². The third-order valence-corrected chi connectivity index (χ3v) is 5.85. The first-order chi connectivity index (χ1) is 13.0. The molecule has 0 radical (unpaired) electrons. The van der Waals surface area contributed by atoms with Gasteiger partial charge in [-0.25, -0.2) is 0 Å². The maximum absolute atomic E-state index is 13.2. The normalized spacial score (nSPS) is 30.3. The van der Waals surface area contributed by atoms with E-state index in [2.05, 4.69) is 36.8 Å². The largest absolute Gasteiger partial charge is 0.586 e. The van der Waals surface area contributed by atoms with Crippen molar-refractivity contribution in [3.8, 4) is 22.8 Å². The number of piperidine rings is 3. The highest BCUT2D eigenvalue weighted by Gasteiger charge is 2.43. The highest BCUT2D eigenvalue weighted by atomic mass is 19.3. The number of rotatable bonds is 3. The van der Waals surface area contributed by atoms with Crippen molar-refractivity contribution in [2.45, 2.75) is 38.1 Å². The zero-order valence-corrected chi connectivity index (χ0v) is 14.9. The number of fused-ring (bicyclic) bond motifs is 4. The van der Waals surface area contributed by atoms with Crippen molar-refractivity contribution in [3.05, 3.63) is 30.3 Å². The summed E-state index contributed by atoms with van der Waals surface area (Å²) in [5.74, 6) is 1.42. The first-order valence-corrected chi connectivity index (χ1v) is 9.23. The molecule has 142 valence electrons. The Hall–Kier alpha value is -2.48. The lowest BCUT2D eigenvalue weighted by Crippen LogP contribution is -2.59. The monoisotopic (exact) mass is 374 g/mol. The molecule has 2 bridgehead atoms. The summed E-state index contributed by atoms with van der Waals surface area (Å²) in [6.07, 6.45) is -1.18. The van der Waals surface area contributed by atoms with Crippen LogP contribution in [-0.2, 0) is 0 Å². The van der Waals surface area contributed by atoms with Gasteiger partial charge in [-0.1, -0.05) is 0 Å². The fourth-order valence-corrected chi connectivity index (χ4v) is 4.39. The summed E-state index contributed by atoms with van der Waals surface area (Å²) in [6, 6.07) is 9.17. The average molecular weight is 374 g/mol. The molecule has 4 aliphatic heterocycles. The number of nitrogens with zero attached hydrogens (tertiary/aromatic N) is 3. The van der Waals surface area contributed by atoms with E-state index in [4.69, 9.17) is 0 Å². The topological polar surface area (TPSA) is 59.5 Å². The van der Waals surface area contributed by atoms with E-state index in [1.54, 1.807) is 6.07 Å². The average Bonchev–Trinajstić information content (AvgIpc) is 2.98. The lowest BCUT2D eigenvalue weighted by molar-refractivity contribution is -0.286. The fourth-order valence-electron chi connectivity index (χ4n) is 4.39. The van der Waals surface area contributed by atoms with Crippen molar-refractivity contribution in [1.82, 2.24) is 15.1 Å². The lowest BCUT2D eigenvalue weighted by Gasteiger charge is -2.50. The number of aromatic nitrogens is 2. The Morgan fingerprint density at radius 2 is 1.85 bits per heavy atom. The van der Waals surface area contributed by atoms with Gasteiger partial charge in [-0.3, -0.25) is 4.90 Å². The van der Waals surface area contributed by atoms with E-state index < -0.39 is 6.29 Å². The second-order valence-electron chi connectivity index (χ2n) is 7.42. The van der Waals surface area contributed by atoms with Crippen LogP contribution in [-0.4, -0.2) is 46.6 Å². The fraction of sp³-hybridized carbons (Fsp3) is 0.474. The molecule has 1 aromatic carbocycles. The highest BCUT2D eigenvalue weighted by Crippen LogP contribution is 2.42. The van der Waals surface area contributed by atoms with E-state index in [1.165, 1.54) is 38.1 Å². The molecule has 8 heteroatoms. The van der Waals surface area contributed by atoms with Crippen molar-refractivity contribution in [2.24, 2.45) is 5.92 Å². The van der Waals surface area contributed by atoms with Crippen molar-refractivity contribution in [3.63, 3.8) is 0 Å². The van der Waals surface area contributed by atoms with Crippen LogP contribution in [0.15, 0.2) is 30.3 Å². The van der Waals surface area contributed by atoms with Gasteiger partial charge in [0.2, 0.25) is 0 Å². The Labute approximate surface area is 155 Å². The maximum Gasteiger partial charge on any atom is 0.586 e. The SMILES string of the molecule is CC1C(Nc2ccc(-c3ccc4c(c3)OC(F)(F)O4)nn2)C2CCN1CC2. The number of hydrogen-bond donors (Lipinski definition) is 1. The van der Waals surface area contributed by atoms with Crippen LogP contribution < -0.4 is 14.8 Å². The molecular weight excluding hydrogens is 354 g/mol. The van der Waals surface area contributed by atoms with Gasteiger partial charge >= 0.3 is 6.29 Å². The number of benzene rings is 1. The number of nitrogens with one attached hydrogen (secondary N) is 1. The summed E-state index contributed by atoms with van der Waals surface area (Å²) in [6.45, 7) is 4.61. The van der Waals surface area contributed by atoms with E-state index in [-0.39, 0.29) is 11.5 Å². The molecule has 6 rings (SSSR count). The molecule has 0 aliphatic carbocycles. The molecule has 1 N–H and O–H groups in total. The minimum atomic E-state index is -3.62. The first-order valence-electron chi connectivity index (χ1n) is 9.23. The Balaban J connectivity index is 1.33. The summed E-state index contributed by atoms with van der Waals surface area (Å²) in [4.78, 5) is 2.52. The standard InChI is InChI=1S/C19H20F2N4O2/c1-11-18(12-6-8-25(11)9-7-12)22-17-5-3-14(23-24-17)13-2-4-15-16(10-13)27-19(20,21)26-15/h2-5,10-12,18H,6-9H2,1H3,(H,22,24). The molecule has 2 unspecified atom stereocenters. The van der Waals surface area contributed by atoms with Crippen molar-refractivity contribution >= 4 is 5.82 Å². The van der Waals surface area contributed by atoms with Crippen LogP contribution in [0.5, 0.6) is 11.5 Å². The van der Waals surface area contributed by atoms with Crippen molar-refractivity contribution in [2.75, 3.05) is 18.4 Å². The molecule has 0 saturated carbocycles. The van der Waals surface area contributed by atoms with Crippen LogP contribution in [0.3, 0.4) is 0 Å². The first kappa shape index (κ1) is 16.7.